The highest BCUT2D eigenvalue weighted by Crippen LogP contribution is 2.24. The van der Waals surface area contributed by atoms with E-state index in [1.807, 2.05) is 7.05 Å². The van der Waals surface area contributed by atoms with E-state index in [2.05, 4.69) is 18.7 Å². The van der Waals surface area contributed by atoms with Gasteiger partial charge in [-0.25, -0.2) is 4.39 Å². The number of halogens is 1. The highest BCUT2D eigenvalue weighted by Gasteiger charge is 2.17. The zero-order valence-electron chi connectivity index (χ0n) is 11.0. The van der Waals surface area contributed by atoms with Gasteiger partial charge in [0, 0.05) is 24.3 Å². The van der Waals surface area contributed by atoms with Gasteiger partial charge in [0.25, 0.3) is 0 Å². The maximum atomic E-state index is 13.2. The summed E-state index contributed by atoms with van der Waals surface area (Å²) in [5.74, 6) is -0.464. The molecule has 1 aromatic rings. The second kappa shape index (κ2) is 5.80. The molecule has 2 nitrogen and oxygen atoms in total. The molecule has 0 amide bonds. The number of anilines is 1. The fourth-order valence-corrected chi connectivity index (χ4v) is 2.13. The standard InChI is InChI=1S/C14H20FNO/c1-5-12(6-2)16(4)14-8-7-11(15)9-13(14)10(3)17/h7-9,12H,5-6H2,1-4H3. The number of ketones is 1. The molecule has 0 spiro atoms. The normalized spacial score (nSPS) is 10.7. The van der Waals surface area contributed by atoms with E-state index in [1.54, 1.807) is 6.07 Å². The Morgan fingerprint density at radius 1 is 1.35 bits per heavy atom. The van der Waals surface area contributed by atoms with Crippen molar-refractivity contribution in [3.63, 3.8) is 0 Å². The molecule has 17 heavy (non-hydrogen) atoms. The molecule has 0 fully saturated rings. The lowest BCUT2D eigenvalue weighted by Crippen LogP contribution is -2.31. The first-order chi connectivity index (χ1) is 8.01. The Balaban J connectivity index is 3.16. The summed E-state index contributed by atoms with van der Waals surface area (Å²) in [6.07, 6.45) is 2.00. The molecule has 0 radical (unpaired) electrons. The van der Waals surface area contributed by atoms with Crippen LogP contribution in [0.3, 0.4) is 0 Å². The lowest BCUT2D eigenvalue weighted by molar-refractivity contribution is 0.101. The smallest absolute Gasteiger partial charge is 0.161 e. The fraction of sp³-hybridized carbons (Fsp3) is 0.500. The second-order valence-electron chi connectivity index (χ2n) is 4.30. The van der Waals surface area contributed by atoms with Gasteiger partial charge < -0.3 is 4.90 Å². The van der Waals surface area contributed by atoms with E-state index in [4.69, 9.17) is 0 Å². The van der Waals surface area contributed by atoms with Gasteiger partial charge in [-0.1, -0.05) is 13.8 Å². The van der Waals surface area contributed by atoms with E-state index in [0.29, 0.717) is 11.6 Å². The van der Waals surface area contributed by atoms with Crippen molar-refractivity contribution in [3.8, 4) is 0 Å². The van der Waals surface area contributed by atoms with Gasteiger partial charge in [0.1, 0.15) is 5.82 Å². The van der Waals surface area contributed by atoms with Crippen molar-refractivity contribution < 1.29 is 9.18 Å². The van der Waals surface area contributed by atoms with Gasteiger partial charge in [-0.2, -0.15) is 0 Å². The van der Waals surface area contributed by atoms with Crippen molar-refractivity contribution in [2.45, 2.75) is 39.7 Å². The first kappa shape index (κ1) is 13.7. The van der Waals surface area contributed by atoms with Crippen LogP contribution in [0.2, 0.25) is 0 Å². The summed E-state index contributed by atoms with van der Waals surface area (Å²) in [5.41, 5.74) is 1.27. The van der Waals surface area contributed by atoms with Gasteiger partial charge in [-0.3, -0.25) is 4.79 Å². The molecule has 1 rings (SSSR count). The number of rotatable bonds is 5. The predicted molar refractivity (Wildman–Crippen MR) is 69.2 cm³/mol. The Hall–Kier alpha value is -1.38. The molecule has 0 saturated carbocycles. The molecule has 0 atom stereocenters. The number of hydrogen-bond donors (Lipinski definition) is 0. The van der Waals surface area contributed by atoms with Crippen molar-refractivity contribution >= 4 is 11.5 Å². The minimum absolute atomic E-state index is 0.0997. The van der Waals surface area contributed by atoms with Crippen LogP contribution in [0.1, 0.15) is 44.0 Å². The van der Waals surface area contributed by atoms with Gasteiger partial charge in [0.05, 0.1) is 0 Å². The number of nitrogens with zero attached hydrogens (tertiary/aromatic N) is 1. The molecule has 0 aromatic heterocycles. The summed E-state index contributed by atoms with van der Waals surface area (Å²) in [4.78, 5) is 13.6. The Labute approximate surface area is 102 Å². The lowest BCUT2D eigenvalue weighted by atomic mass is 10.0. The molecular formula is C14H20FNO. The predicted octanol–water partition coefficient (Wildman–Crippen LogP) is 3.65. The Morgan fingerprint density at radius 3 is 2.41 bits per heavy atom. The highest BCUT2D eigenvalue weighted by atomic mass is 19.1. The van der Waals surface area contributed by atoms with Crippen LogP contribution in [0.25, 0.3) is 0 Å². The van der Waals surface area contributed by atoms with E-state index < -0.39 is 0 Å². The van der Waals surface area contributed by atoms with Crippen molar-refractivity contribution in [2.24, 2.45) is 0 Å². The summed E-state index contributed by atoms with van der Waals surface area (Å²) < 4.78 is 13.2. The van der Waals surface area contributed by atoms with Crippen molar-refractivity contribution in [1.82, 2.24) is 0 Å². The van der Waals surface area contributed by atoms with E-state index in [9.17, 15) is 9.18 Å². The van der Waals surface area contributed by atoms with Gasteiger partial charge in [0.2, 0.25) is 0 Å². The van der Waals surface area contributed by atoms with Crippen LogP contribution in [0.5, 0.6) is 0 Å². The van der Waals surface area contributed by atoms with Crippen LogP contribution >= 0.6 is 0 Å². The molecule has 0 heterocycles. The highest BCUT2D eigenvalue weighted by molar-refractivity contribution is 5.99. The number of benzene rings is 1. The molecule has 0 saturated heterocycles. The van der Waals surface area contributed by atoms with Gasteiger partial charge in [-0.15, -0.1) is 0 Å². The average molecular weight is 237 g/mol. The number of carbonyl (C=O) groups excluding carboxylic acids is 1. The van der Waals surface area contributed by atoms with E-state index in [0.717, 1.165) is 18.5 Å². The molecule has 3 heteroatoms. The zero-order chi connectivity index (χ0) is 13.0. The lowest BCUT2D eigenvalue weighted by Gasteiger charge is -2.29. The zero-order valence-corrected chi connectivity index (χ0v) is 11.0. The molecule has 0 aliphatic heterocycles. The molecule has 0 unspecified atom stereocenters. The van der Waals surface area contributed by atoms with Gasteiger partial charge >= 0.3 is 0 Å². The molecular weight excluding hydrogens is 217 g/mol. The van der Waals surface area contributed by atoms with Crippen molar-refractivity contribution in [1.29, 1.82) is 0 Å². The Morgan fingerprint density at radius 2 is 1.94 bits per heavy atom. The molecule has 1 aromatic carbocycles. The number of carbonyl (C=O) groups is 1. The summed E-state index contributed by atoms with van der Waals surface area (Å²) >= 11 is 0. The maximum Gasteiger partial charge on any atom is 0.161 e. The number of Topliss-reactive ketones (excluding diaryl/α,β-unsaturated/α-hetero) is 1. The second-order valence-corrected chi connectivity index (χ2v) is 4.30. The van der Waals surface area contributed by atoms with E-state index in [1.165, 1.54) is 19.1 Å². The minimum atomic E-state index is -0.364. The van der Waals surface area contributed by atoms with Crippen LogP contribution in [-0.4, -0.2) is 18.9 Å². The molecule has 0 aliphatic rings. The topological polar surface area (TPSA) is 20.3 Å². The Bertz CT molecular complexity index is 399. The summed E-state index contributed by atoms with van der Waals surface area (Å²) in [6, 6.07) is 4.78. The number of hydrogen-bond acceptors (Lipinski definition) is 2. The van der Waals surface area contributed by atoms with Crippen LogP contribution in [0, 0.1) is 5.82 Å². The fourth-order valence-electron chi connectivity index (χ4n) is 2.13. The van der Waals surface area contributed by atoms with E-state index >= 15 is 0 Å². The third-order valence-electron chi connectivity index (χ3n) is 3.21. The van der Waals surface area contributed by atoms with Crippen LogP contribution < -0.4 is 4.90 Å². The first-order valence-corrected chi connectivity index (χ1v) is 6.04. The maximum absolute atomic E-state index is 13.2. The first-order valence-electron chi connectivity index (χ1n) is 6.04. The quantitative estimate of drug-likeness (QED) is 0.728. The van der Waals surface area contributed by atoms with E-state index in [-0.39, 0.29) is 11.6 Å². The summed E-state index contributed by atoms with van der Waals surface area (Å²) in [5, 5.41) is 0. The van der Waals surface area contributed by atoms with Crippen molar-refractivity contribution in [3.05, 3.63) is 29.6 Å². The van der Waals surface area contributed by atoms with Crippen LogP contribution in [0.4, 0.5) is 10.1 Å². The van der Waals surface area contributed by atoms with Gasteiger partial charge in [0.15, 0.2) is 5.78 Å². The monoisotopic (exact) mass is 237 g/mol. The van der Waals surface area contributed by atoms with Crippen molar-refractivity contribution in [2.75, 3.05) is 11.9 Å². The molecule has 0 aliphatic carbocycles. The minimum Gasteiger partial charge on any atom is -0.371 e. The SMILES string of the molecule is CCC(CC)N(C)c1ccc(F)cc1C(C)=O. The molecule has 0 N–H and O–H groups in total. The average Bonchev–Trinajstić information content (AvgIpc) is 2.30. The summed E-state index contributed by atoms with van der Waals surface area (Å²) in [7, 11) is 1.96. The summed E-state index contributed by atoms with van der Waals surface area (Å²) in [6.45, 7) is 5.70. The van der Waals surface area contributed by atoms with Gasteiger partial charge in [-0.05, 0) is 38.0 Å². The third-order valence-corrected chi connectivity index (χ3v) is 3.21. The molecule has 0 bridgehead atoms. The van der Waals surface area contributed by atoms with Crippen LogP contribution in [-0.2, 0) is 0 Å². The Kier molecular flexibility index (Phi) is 4.67. The molecule has 94 valence electrons. The third kappa shape index (κ3) is 3.05. The largest absolute Gasteiger partial charge is 0.371 e. The van der Waals surface area contributed by atoms with Crippen LogP contribution in [0.15, 0.2) is 18.2 Å².